The van der Waals surface area contributed by atoms with Crippen LogP contribution in [0.1, 0.15) is 29.9 Å². The van der Waals surface area contributed by atoms with E-state index in [4.69, 9.17) is 0 Å². The Kier molecular flexibility index (Phi) is 6.10. The van der Waals surface area contributed by atoms with E-state index in [1.807, 2.05) is 6.07 Å². The molecule has 1 aliphatic rings. The quantitative estimate of drug-likeness (QED) is 0.657. The number of para-hydroxylation sites is 1. The van der Waals surface area contributed by atoms with Crippen LogP contribution in [-0.4, -0.2) is 59.2 Å². The molecule has 0 radical (unpaired) electrons. The second kappa shape index (κ2) is 8.91. The minimum atomic E-state index is -0.307. The molecule has 148 valence electrons. The second-order valence-corrected chi connectivity index (χ2v) is 8.20. The summed E-state index contributed by atoms with van der Waals surface area (Å²) >= 11 is 0. The molecule has 4 rings (SSSR count). The zero-order valence-electron chi connectivity index (χ0n) is 16.7. The van der Waals surface area contributed by atoms with Gasteiger partial charge in [0.25, 0.3) is 0 Å². The molecule has 1 atom stereocenters. The van der Waals surface area contributed by atoms with Gasteiger partial charge in [0.05, 0.1) is 6.10 Å². The van der Waals surface area contributed by atoms with Gasteiger partial charge in [-0.15, -0.1) is 0 Å². The number of fused-ring (bicyclic) bond motifs is 1. The smallest absolute Gasteiger partial charge is 0.0793 e. The van der Waals surface area contributed by atoms with E-state index in [-0.39, 0.29) is 6.10 Å². The summed E-state index contributed by atoms with van der Waals surface area (Å²) in [6.07, 6.45) is 4.21. The Hall–Kier alpha value is -2.14. The largest absolute Gasteiger partial charge is 0.390 e. The summed E-state index contributed by atoms with van der Waals surface area (Å²) in [5.41, 5.74) is 3.98. The third-order valence-electron chi connectivity index (χ3n) is 5.94. The number of benzene rings is 2. The van der Waals surface area contributed by atoms with Crippen LogP contribution in [0.15, 0.2) is 60.8 Å². The fourth-order valence-electron chi connectivity index (χ4n) is 4.53. The number of hydrogen-bond donors (Lipinski definition) is 2. The second-order valence-electron chi connectivity index (χ2n) is 8.20. The normalized spacial score (nSPS) is 17.4. The maximum absolute atomic E-state index is 10.6. The Morgan fingerprint density at radius 3 is 2.57 bits per heavy atom. The number of piperidine rings is 1. The maximum atomic E-state index is 10.6. The lowest BCUT2D eigenvalue weighted by molar-refractivity contribution is 0.0699. The summed E-state index contributed by atoms with van der Waals surface area (Å²) in [5.74, 6) is 0.616. The predicted molar refractivity (Wildman–Crippen MR) is 115 cm³/mol. The van der Waals surface area contributed by atoms with E-state index in [1.54, 1.807) is 0 Å². The van der Waals surface area contributed by atoms with Crippen LogP contribution < -0.4 is 0 Å². The molecule has 3 aromatic rings. The molecule has 2 N–H and O–H groups in total. The molecule has 4 nitrogen and oxygen atoms in total. The van der Waals surface area contributed by atoms with Crippen molar-refractivity contribution in [3.63, 3.8) is 0 Å². The van der Waals surface area contributed by atoms with Gasteiger partial charge in [-0.1, -0.05) is 48.5 Å². The predicted octanol–water partition coefficient (Wildman–Crippen LogP) is 3.84. The van der Waals surface area contributed by atoms with E-state index in [0.717, 1.165) is 39.0 Å². The summed E-state index contributed by atoms with van der Waals surface area (Å²) in [5, 5.41) is 11.9. The number of aliphatic hydroxyl groups excluding tert-OH is 1. The first kappa shape index (κ1) is 19.2. The van der Waals surface area contributed by atoms with Gasteiger partial charge in [-0.25, -0.2) is 0 Å². The van der Waals surface area contributed by atoms with Crippen molar-refractivity contribution in [2.45, 2.75) is 31.4 Å². The highest BCUT2D eigenvalue weighted by Crippen LogP contribution is 2.33. The van der Waals surface area contributed by atoms with E-state index in [1.165, 1.54) is 22.0 Å². The standard InChI is InChI=1S/C24H31N3O/c1-26(16-19-7-3-2-4-8-19)17-21(28)18-27-13-11-20(12-14-27)23-15-25-24-10-6-5-9-22(23)24/h2-10,15,20-21,25,28H,11-14,16-18H2,1H3. The molecule has 2 heterocycles. The highest BCUT2D eigenvalue weighted by atomic mass is 16.3. The van der Waals surface area contributed by atoms with Gasteiger partial charge in [0.1, 0.15) is 0 Å². The number of likely N-dealkylation sites (tertiary alicyclic amines) is 1. The monoisotopic (exact) mass is 377 g/mol. The number of H-pyrrole nitrogens is 1. The molecule has 1 saturated heterocycles. The summed E-state index contributed by atoms with van der Waals surface area (Å²) in [6, 6.07) is 19.0. The van der Waals surface area contributed by atoms with E-state index in [0.29, 0.717) is 12.5 Å². The molecule has 1 aromatic heterocycles. The lowest BCUT2D eigenvalue weighted by Crippen LogP contribution is -2.42. The highest BCUT2D eigenvalue weighted by Gasteiger charge is 2.24. The molecule has 0 amide bonds. The van der Waals surface area contributed by atoms with Crippen LogP contribution in [0, 0.1) is 0 Å². The number of rotatable bonds is 7. The summed E-state index contributed by atoms with van der Waals surface area (Å²) < 4.78 is 0. The lowest BCUT2D eigenvalue weighted by atomic mass is 9.89. The van der Waals surface area contributed by atoms with Gasteiger partial charge in [0.15, 0.2) is 0 Å². The molecule has 0 bridgehead atoms. The Morgan fingerprint density at radius 2 is 1.79 bits per heavy atom. The fraction of sp³-hybridized carbons (Fsp3) is 0.417. The van der Waals surface area contributed by atoms with E-state index < -0.39 is 0 Å². The zero-order chi connectivity index (χ0) is 19.3. The molecule has 4 heteroatoms. The molecule has 1 unspecified atom stereocenters. The Morgan fingerprint density at radius 1 is 1.07 bits per heavy atom. The van der Waals surface area contributed by atoms with Gasteiger partial charge in [0, 0.05) is 36.7 Å². The van der Waals surface area contributed by atoms with Crippen LogP contribution in [0.4, 0.5) is 0 Å². The van der Waals surface area contributed by atoms with Crippen molar-refractivity contribution in [2.24, 2.45) is 0 Å². The van der Waals surface area contributed by atoms with Crippen LogP contribution in [0.25, 0.3) is 10.9 Å². The molecule has 2 aromatic carbocycles. The van der Waals surface area contributed by atoms with Gasteiger partial charge in [0.2, 0.25) is 0 Å². The number of nitrogens with one attached hydrogen (secondary N) is 1. The summed E-state index contributed by atoms with van der Waals surface area (Å²) in [6.45, 7) is 4.46. The number of hydrogen-bond acceptors (Lipinski definition) is 3. The molecule has 0 saturated carbocycles. The molecule has 28 heavy (non-hydrogen) atoms. The molecule has 1 aliphatic heterocycles. The molecule has 1 fully saturated rings. The van der Waals surface area contributed by atoms with Gasteiger partial charge < -0.3 is 15.0 Å². The first-order chi connectivity index (χ1) is 13.7. The number of aliphatic hydroxyl groups is 1. The third-order valence-corrected chi connectivity index (χ3v) is 5.94. The zero-order valence-corrected chi connectivity index (χ0v) is 16.7. The van der Waals surface area contributed by atoms with Crippen molar-refractivity contribution in [1.82, 2.24) is 14.8 Å². The number of β-amino-alcohol motifs (C(OH)–C–C–N with tert-alkyl or cyclic N) is 1. The lowest BCUT2D eigenvalue weighted by Gasteiger charge is -2.34. The van der Waals surface area contributed by atoms with Crippen molar-refractivity contribution >= 4 is 10.9 Å². The van der Waals surface area contributed by atoms with Crippen LogP contribution in [0.3, 0.4) is 0 Å². The van der Waals surface area contributed by atoms with Crippen LogP contribution in [0.5, 0.6) is 0 Å². The van der Waals surface area contributed by atoms with Crippen LogP contribution in [0.2, 0.25) is 0 Å². The van der Waals surface area contributed by atoms with Crippen molar-refractivity contribution in [3.8, 4) is 0 Å². The Balaban J connectivity index is 1.25. The van der Waals surface area contributed by atoms with Gasteiger partial charge in [-0.05, 0) is 56.1 Å². The van der Waals surface area contributed by atoms with Crippen molar-refractivity contribution in [1.29, 1.82) is 0 Å². The van der Waals surface area contributed by atoms with E-state index in [2.05, 4.69) is 76.6 Å². The van der Waals surface area contributed by atoms with E-state index in [9.17, 15) is 5.11 Å². The minimum Gasteiger partial charge on any atom is -0.390 e. The Bertz CT molecular complexity index is 868. The molecule has 0 spiro atoms. The van der Waals surface area contributed by atoms with Crippen molar-refractivity contribution in [3.05, 3.63) is 71.9 Å². The topological polar surface area (TPSA) is 42.5 Å². The average Bonchev–Trinajstić information content (AvgIpc) is 3.13. The van der Waals surface area contributed by atoms with Crippen molar-refractivity contribution in [2.75, 3.05) is 33.2 Å². The first-order valence-electron chi connectivity index (χ1n) is 10.4. The SMILES string of the molecule is CN(Cc1ccccc1)CC(O)CN1CCC(c2c[nH]c3ccccc23)CC1. The highest BCUT2D eigenvalue weighted by molar-refractivity contribution is 5.83. The van der Waals surface area contributed by atoms with Crippen LogP contribution in [-0.2, 0) is 6.54 Å². The molecular weight excluding hydrogens is 346 g/mol. The number of aromatic nitrogens is 1. The molecule has 0 aliphatic carbocycles. The van der Waals surface area contributed by atoms with Crippen LogP contribution >= 0.6 is 0 Å². The first-order valence-corrected chi connectivity index (χ1v) is 10.4. The fourth-order valence-corrected chi connectivity index (χ4v) is 4.53. The van der Waals surface area contributed by atoms with Gasteiger partial charge in [-0.3, -0.25) is 4.90 Å². The maximum Gasteiger partial charge on any atom is 0.0793 e. The van der Waals surface area contributed by atoms with Crippen molar-refractivity contribution < 1.29 is 5.11 Å². The summed E-state index contributed by atoms with van der Waals surface area (Å²) in [7, 11) is 2.08. The third kappa shape index (κ3) is 4.64. The number of likely N-dealkylation sites (N-methyl/N-ethyl adjacent to an activating group) is 1. The number of aromatic amines is 1. The minimum absolute atomic E-state index is 0.307. The number of nitrogens with zero attached hydrogens (tertiary/aromatic N) is 2. The van der Waals surface area contributed by atoms with Gasteiger partial charge in [-0.2, -0.15) is 0 Å². The van der Waals surface area contributed by atoms with E-state index >= 15 is 0 Å². The Labute approximate surface area is 167 Å². The average molecular weight is 378 g/mol. The molecular formula is C24H31N3O. The summed E-state index contributed by atoms with van der Waals surface area (Å²) in [4.78, 5) is 8.04. The van der Waals surface area contributed by atoms with Gasteiger partial charge >= 0.3 is 0 Å².